The van der Waals surface area contributed by atoms with Gasteiger partial charge in [0.15, 0.2) is 0 Å². The number of hydrogen-bond acceptors (Lipinski definition) is 3. The molecule has 0 bridgehead atoms. The fourth-order valence-electron chi connectivity index (χ4n) is 5.07. The lowest BCUT2D eigenvalue weighted by Crippen LogP contribution is -2.51. The summed E-state index contributed by atoms with van der Waals surface area (Å²) in [6.45, 7) is 6.89. The molecule has 6 nitrogen and oxygen atoms in total. The number of carbonyl (C=O) groups is 3. The molecular formula is C31H37N3O3. The van der Waals surface area contributed by atoms with Gasteiger partial charge in [0.05, 0.1) is 5.69 Å². The van der Waals surface area contributed by atoms with E-state index in [0.29, 0.717) is 32.4 Å². The third kappa shape index (κ3) is 5.85. The van der Waals surface area contributed by atoms with E-state index in [2.05, 4.69) is 5.32 Å². The lowest BCUT2D eigenvalue weighted by molar-refractivity contribution is -0.141. The zero-order chi connectivity index (χ0) is 26.4. The van der Waals surface area contributed by atoms with E-state index < -0.39 is 6.04 Å². The van der Waals surface area contributed by atoms with Gasteiger partial charge in [-0.3, -0.25) is 14.4 Å². The van der Waals surface area contributed by atoms with E-state index in [0.717, 1.165) is 34.0 Å². The number of anilines is 1. The van der Waals surface area contributed by atoms with Crippen molar-refractivity contribution in [1.29, 1.82) is 0 Å². The van der Waals surface area contributed by atoms with Crippen molar-refractivity contribution in [3.05, 3.63) is 77.9 Å². The van der Waals surface area contributed by atoms with Gasteiger partial charge in [-0.15, -0.1) is 0 Å². The van der Waals surface area contributed by atoms with Crippen molar-refractivity contribution in [1.82, 2.24) is 10.2 Å². The topological polar surface area (TPSA) is 69.7 Å². The van der Waals surface area contributed by atoms with Gasteiger partial charge in [0.25, 0.3) is 5.91 Å². The van der Waals surface area contributed by atoms with Gasteiger partial charge in [0, 0.05) is 36.5 Å². The number of rotatable bonds is 12. The van der Waals surface area contributed by atoms with Gasteiger partial charge in [0.2, 0.25) is 11.8 Å². The summed E-state index contributed by atoms with van der Waals surface area (Å²) in [5.74, 6) is -0.167. The second-order valence-corrected chi connectivity index (χ2v) is 9.81. The maximum atomic E-state index is 13.5. The number of carbonyl (C=O) groups excluding carboxylic acids is 3. The van der Waals surface area contributed by atoms with E-state index in [9.17, 15) is 14.4 Å². The number of benzene rings is 3. The molecule has 4 rings (SSSR count). The Labute approximate surface area is 219 Å². The lowest BCUT2D eigenvalue weighted by atomic mass is 10.1. The molecule has 1 aliphatic heterocycles. The predicted molar refractivity (Wildman–Crippen MR) is 149 cm³/mol. The predicted octanol–water partition coefficient (Wildman–Crippen LogP) is 5.34. The van der Waals surface area contributed by atoms with E-state index in [4.69, 9.17) is 0 Å². The minimum Gasteiger partial charge on any atom is -0.352 e. The standard InChI is InChI=1S/C31H37N3O3/c1-4-22(3)32-30(36)26(5-2)33(21-19-23-12-7-6-8-13-23)28(35)18-11-20-34-27-17-10-15-24-14-9-16-25(29(24)27)31(34)37/h6-10,12-17,22,26H,4-5,11,18-21H2,1-3H3,(H,32,36)/t22-,26+/m0/s1. The van der Waals surface area contributed by atoms with E-state index in [1.54, 1.807) is 9.80 Å². The Kier molecular flexibility index (Phi) is 8.59. The van der Waals surface area contributed by atoms with Crippen molar-refractivity contribution in [2.45, 2.75) is 65.0 Å². The molecule has 1 aliphatic rings. The average Bonchev–Trinajstić information content (AvgIpc) is 3.19. The van der Waals surface area contributed by atoms with Crippen LogP contribution in [0, 0.1) is 0 Å². The minimum atomic E-state index is -0.517. The number of nitrogens with one attached hydrogen (secondary N) is 1. The van der Waals surface area contributed by atoms with Gasteiger partial charge in [0.1, 0.15) is 6.04 Å². The molecule has 0 saturated heterocycles. The van der Waals surface area contributed by atoms with Crippen LogP contribution in [0.15, 0.2) is 66.7 Å². The average molecular weight is 500 g/mol. The molecule has 3 aromatic rings. The maximum Gasteiger partial charge on any atom is 0.258 e. The minimum absolute atomic E-state index is 0.0143. The van der Waals surface area contributed by atoms with Crippen LogP contribution < -0.4 is 10.2 Å². The van der Waals surface area contributed by atoms with Crippen LogP contribution in [0.3, 0.4) is 0 Å². The Balaban J connectivity index is 1.45. The molecule has 3 amide bonds. The smallest absolute Gasteiger partial charge is 0.258 e. The summed E-state index contributed by atoms with van der Waals surface area (Å²) < 4.78 is 0. The van der Waals surface area contributed by atoms with E-state index in [1.807, 2.05) is 87.5 Å². The first-order valence-corrected chi connectivity index (χ1v) is 13.4. The Morgan fingerprint density at radius 3 is 2.38 bits per heavy atom. The summed E-state index contributed by atoms with van der Waals surface area (Å²) in [6, 6.07) is 21.3. The largest absolute Gasteiger partial charge is 0.352 e. The monoisotopic (exact) mass is 499 g/mol. The molecular weight excluding hydrogens is 462 g/mol. The van der Waals surface area contributed by atoms with Crippen molar-refractivity contribution in [3.8, 4) is 0 Å². The van der Waals surface area contributed by atoms with Crippen LogP contribution in [-0.4, -0.2) is 47.8 Å². The second kappa shape index (κ2) is 12.0. The van der Waals surface area contributed by atoms with Crippen molar-refractivity contribution in [2.75, 3.05) is 18.0 Å². The summed E-state index contributed by atoms with van der Waals surface area (Å²) in [5.41, 5.74) is 2.76. The van der Waals surface area contributed by atoms with Crippen LogP contribution in [0.1, 0.15) is 62.4 Å². The van der Waals surface area contributed by atoms with Crippen molar-refractivity contribution in [2.24, 2.45) is 0 Å². The molecule has 0 aliphatic carbocycles. The van der Waals surface area contributed by atoms with Crippen LogP contribution in [0.5, 0.6) is 0 Å². The van der Waals surface area contributed by atoms with Gasteiger partial charge in [-0.1, -0.05) is 68.4 Å². The summed E-state index contributed by atoms with van der Waals surface area (Å²) in [7, 11) is 0. The number of amides is 3. The van der Waals surface area contributed by atoms with Crippen molar-refractivity contribution < 1.29 is 14.4 Å². The summed E-state index contributed by atoms with van der Waals surface area (Å²) in [6.07, 6.45) is 2.86. The molecule has 0 fully saturated rings. The van der Waals surface area contributed by atoms with Crippen molar-refractivity contribution >= 4 is 34.2 Å². The zero-order valence-corrected chi connectivity index (χ0v) is 22.1. The molecule has 0 radical (unpaired) electrons. The van der Waals surface area contributed by atoms with Crippen molar-refractivity contribution in [3.63, 3.8) is 0 Å². The first-order chi connectivity index (χ1) is 17.9. The van der Waals surface area contributed by atoms with Crippen LogP contribution in [0.2, 0.25) is 0 Å². The van der Waals surface area contributed by atoms with Gasteiger partial charge < -0.3 is 15.1 Å². The lowest BCUT2D eigenvalue weighted by Gasteiger charge is -2.31. The third-order valence-electron chi connectivity index (χ3n) is 7.29. The number of nitrogens with zero attached hydrogens (tertiary/aromatic N) is 2. The molecule has 1 heterocycles. The van der Waals surface area contributed by atoms with Crippen LogP contribution >= 0.6 is 0 Å². The summed E-state index contributed by atoms with van der Waals surface area (Å²) in [5, 5.41) is 5.09. The second-order valence-electron chi connectivity index (χ2n) is 9.81. The summed E-state index contributed by atoms with van der Waals surface area (Å²) >= 11 is 0. The quantitative estimate of drug-likeness (QED) is 0.365. The highest BCUT2D eigenvalue weighted by molar-refractivity contribution is 6.25. The molecule has 2 atom stereocenters. The highest BCUT2D eigenvalue weighted by atomic mass is 16.2. The first kappa shape index (κ1) is 26.4. The SMILES string of the molecule is CC[C@H](C(=O)N[C@@H](C)CC)N(CCc1ccccc1)C(=O)CCCN1C(=O)c2cccc3cccc1c23. The number of hydrogen-bond donors (Lipinski definition) is 1. The zero-order valence-electron chi connectivity index (χ0n) is 22.1. The van der Waals surface area contributed by atoms with Gasteiger partial charge in [-0.2, -0.15) is 0 Å². The van der Waals surface area contributed by atoms with E-state index >= 15 is 0 Å². The maximum absolute atomic E-state index is 13.5. The van der Waals surface area contributed by atoms with Gasteiger partial charge >= 0.3 is 0 Å². The highest BCUT2D eigenvalue weighted by Gasteiger charge is 2.31. The molecule has 0 aromatic heterocycles. The fraction of sp³-hybridized carbons (Fsp3) is 0.387. The first-order valence-electron chi connectivity index (χ1n) is 13.4. The Hall–Kier alpha value is -3.67. The highest BCUT2D eigenvalue weighted by Crippen LogP contribution is 2.37. The third-order valence-corrected chi connectivity index (χ3v) is 7.29. The normalized spacial score (nSPS) is 14.0. The molecule has 6 heteroatoms. The van der Waals surface area contributed by atoms with Crippen LogP contribution in [-0.2, 0) is 16.0 Å². The van der Waals surface area contributed by atoms with Gasteiger partial charge in [-0.25, -0.2) is 0 Å². The fourth-order valence-corrected chi connectivity index (χ4v) is 5.07. The molecule has 37 heavy (non-hydrogen) atoms. The Morgan fingerprint density at radius 1 is 0.946 bits per heavy atom. The molecule has 0 saturated carbocycles. The van der Waals surface area contributed by atoms with E-state index in [1.165, 1.54) is 0 Å². The molecule has 194 valence electrons. The molecule has 1 N–H and O–H groups in total. The Morgan fingerprint density at radius 2 is 1.68 bits per heavy atom. The molecule has 0 spiro atoms. The molecule has 0 unspecified atom stereocenters. The summed E-state index contributed by atoms with van der Waals surface area (Å²) in [4.78, 5) is 43.3. The van der Waals surface area contributed by atoms with E-state index in [-0.39, 0.29) is 30.2 Å². The van der Waals surface area contributed by atoms with Crippen LogP contribution in [0.25, 0.3) is 10.8 Å². The Bertz CT molecular complexity index is 1250. The van der Waals surface area contributed by atoms with Gasteiger partial charge in [-0.05, 0) is 55.7 Å². The van der Waals surface area contributed by atoms with Crippen LogP contribution in [0.4, 0.5) is 5.69 Å². The molecule has 3 aromatic carbocycles.